The summed E-state index contributed by atoms with van der Waals surface area (Å²) in [4.78, 5) is 9.52. The monoisotopic (exact) mass is 165 g/mol. The number of carbonyl (C=O) groups excluding carboxylic acids is 1. The van der Waals surface area contributed by atoms with Crippen LogP contribution in [0.1, 0.15) is 20.8 Å². The molecule has 0 fully saturated rings. The minimum atomic E-state index is 0.183. The third-order valence-corrected chi connectivity index (χ3v) is 2.37. The molecule has 0 aromatic rings. The van der Waals surface area contributed by atoms with E-state index in [1.165, 1.54) is 0 Å². The molecule has 64 valence electrons. The summed E-state index contributed by atoms with van der Waals surface area (Å²) in [5, 5.41) is 9.54. The molecule has 0 aromatic carbocycles. The van der Waals surface area contributed by atoms with Crippen molar-refractivity contribution < 1.29 is 9.90 Å². The highest BCUT2D eigenvalue weighted by Crippen LogP contribution is 2.28. The summed E-state index contributed by atoms with van der Waals surface area (Å²) in [5.74, 6) is 0.415. The molecule has 0 unspecified atom stereocenters. The Hall–Kier alpha value is -1.31. The summed E-state index contributed by atoms with van der Waals surface area (Å²) >= 11 is 0. The Kier molecular flexibility index (Phi) is 1.92. The highest BCUT2D eigenvalue weighted by molar-refractivity contribution is 6.13. The Morgan fingerprint density at radius 1 is 1.08 bits per heavy atom. The van der Waals surface area contributed by atoms with Gasteiger partial charge in [-0.3, -0.25) is 4.79 Å². The second-order valence-electron chi connectivity index (χ2n) is 3.05. The molecule has 0 bridgehead atoms. The van der Waals surface area contributed by atoms with E-state index >= 15 is 0 Å². The summed E-state index contributed by atoms with van der Waals surface area (Å²) < 4.78 is 0. The van der Waals surface area contributed by atoms with Crippen LogP contribution in [0.2, 0.25) is 0 Å². The molecule has 2 heteroatoms. The molecule has 0 heterocycles. The van der Waals surface area contributed by atoms with Crippen molar-refractivity contribution in [1.82, 2.24) is 0 Å². The van der Waals surface area contributed by atoms with E-state index < -0.39 is 0 Å². The molecule has 1 aliphatic carbocycles. The van der Waals surface area contributed by atoms with E-state index in [-0.39, 0.29) is 11.5 Å². The first-order chi connectivity index (χ1) is 5.46. The Labute approximate surface area is 71.9 Å². The topological polar surface area (TPSA) is 41.6 Å². The van der Waals surface area contributed by atoms with E-state index in [2.05, 4.69) is 6.58 Å². The van der Waals surface area contributed by atoms with Gasteiger partial charge in [0.05, 0.1) is 11.1 Å². The average molecular weight is 165 g/mol. The highest BCUT2D eigenvalue weighted by atomic mass is 16.3. The first-order valence-corrected chi connectivity index (χ1v) is 3.80. The van der Waals surface area contributed by atoms with Crippen LogP contribution in [-0.4, -0.2) is 15.7 Å². The van der Waals surface area contributed by atoms with Crippen molar-refractivity contribution in [3.05, 3.63) is 34.6 Å². The highest BCUT2D eigenvalue weighted by Gasteiger charge is 2.28. The van der Waals surface area contributed by atoms with Crippen LogP contribution in [0, 0.1) is 0 Å². The fraction of sp³-hybridized carbons (Fsp3) is 0.300. The minimum absolute atomic E-state index is 0.183. The van der Waals surface area contributed by atoms with Crippen molar-refractivity contribution in [2.24, 2.45) is 0 Å². The fourth-order valence-corrected chi connectivity index (χ4v) is 1.18. The maximum absolute atomic E-state index is 9.54. The van der Waals surface area contributed by atoms with Gasteiger partial charge in [0.15, 0.2) is 0 Å². The number of aliphatic hydroxyl groups excluding tert-OH is 1. The molecule has 2 N–H and O–H groups in total. The molecular weight excluding hydrogens is 152 g/mol. The van der Waals surface area contributed by atoms with Crippen LogP contribution in [0.3, 0.4) is 0 Å². The molecule has 12 heavy (non-hydrogen) atoms. The van der Waals surface area contributed by atoms with Crippen molar-refractivity contribution in [2.75, 3.05) is 0 Å². The van der Waals surface area contributed by atoms with Crippen LogP contribution >= 0.6 is 0 Å². The maximum atomic E-state index is 9.54. The molecule has 1 rings (SSSR count). The van der Waals surface area contributed by atoms with Crippen molar-refractivity contribution in [1.29, 1.82) is 0 Å². The van der Waals surface area contributed by atoms with Gasteiger partial charge in [-0.1, -0.05) is 6.58 Å². The van der Waals surface area contributed by atoms with Crippen molar-refractivity contribution in [2.45, 2.75) is 20.8 Å². The number of allylic oxidation sites excluding steroid dienone is 4. The van der Waals surface area contributed by atoms with Gasteiger partial charge in [-0.05, 0) is 20.8 Å². The molecule has 0 atom stereocenters. The fourth-order valence-electron chi connectivity index (χ4n) is 1.18. The molecule has 0 spiro atoms. The number of aliphatic hydroxyl groups is 1. The van der Waals surface area contributed by atoms with Gasteiger partial charge < -0.3 is 5.11 Å². The van der Waals surface area contributed by atoms with E-state index in [4.69, 9.17) is 0 Å². The van der Waals surface area contributed by atoms with Crippen molar-refractivity contribution >= 4 is 5.78 Å². The zero-order chi connectivity index (χ0) is 9.46. The summed E-state index contributed by atoms with van der Waals surface area (Å²) in [6.07, 6.45) is 0. The molecule has 2 nitrogen and oxygen atoms in total. The maximum Gasteiger partial charge on any atom is 0.350 e. The van der Waals surface area contributed by atoms with Gasteiger partial charge in [-0.15, -0.1) is 0 Å². The van der Waals surface area contributed by atoms with Crippen molar-refractivity contribution in [3.8, 4) is 0 Å². The Balaban J connectivity index is 3.37. The van der Waals surface area contributed by atoms with Gasteiger partial charge >= 0.3 is 5.78 Å². The second kappa shape index (κ2) is 2.63. The van der Waals surface area contributed by atoms with Gasteiger partial charge in [0.2, 0.25) is 0 Å². The summed E-state index contributed by atoms with van der Waals surface area (Å²) in [7, 11) is 0. The van der Waals surface area contributed by atoms with Crippen LogP contribution in [0.25, 0.3) is 0 Å². The Morgan fingerprint density at radius 3 is 2.08 bits per heavy atom. The van der Waals surface area contributed by atoms with Gasteiger partial charge in [0.1, 0.15) is 5.76 Å². The number of rotatable bonds is 0. The normalized spacial score (nSPS) is 19.2. The van der Waals surface area contributed by atoms with Gasteiger partial charge in [-0.2, -0.15) is 0 Å². The predicted octanol–water partition coefficient (Wildman–Crippen LogP) is 2.27. The lowest BCUT2D eigenvalue weighted by Crippen LogP contribution is -2.14. The van der Waals surface area contributed by atoms with Crippen LogP contribution in [0.4, 0.5) is 0 Å². The van der Waals surface area contributed by atoms with E-state index in [1.807, 2.05) is 0 Å². The molecule has 0 saturated heterocycles. The molecule has 0 saturated carbocycles. The van der Waals surface area contributed by atoms with E-state index in [0.717, 1.165) is 5.57 Å². The van der Waals surface area contributed by atoms with Crippen LogP contribution < -0.4 is 0 Å². The molecule has 0 amide bonds. The average Bonchev–Trinajstić information content (AvgIpc) is 2.08. The summed E-state index contributed by atoms with van der Waals surface area (Å²) in [6.45, 7) is 8.95. The first-order valence-electron chi connectivity index (χ1n) is 3.80. The zero-order valence-electron chi connectivity index (χ0n) is 7.60. The summed E-state index contributed by atoms with van der Waals surface area (Å²) in [6, 6.07) is 0. The third-order valence-electron chi connectivity index (χ3n) is 2.37. The molecular formula is C10H13O2+. The standard InChI is InChI=1S/C10H12O2/c1-5-6(2)10(12)8(4)7(3)9(5)11/h12H,1H2,2-4H3/p+1. The lowest BCUT2D eigenvalue weighted by Gasteiger charge is -2.13. The SMILES string of the molecule is C=C1C(=[OH+])C(C)=C(C)C(O)=C1C. The van der Waals surface area contributed by atoms with E-state index in [9.17, 15) is 9.90 Å². The first kappa shape index (κ1) is 8.78. The molecule has 0 aromatic heterocycles. The molecule has 0 aliphatic heterocycles. The predicted molar refractivity (Wildman–Crippen MR) is 49.8 cm³/mol. The van der Waals surface area contributed by atoms with Crippen LogP contribution in [-0.2, 0) is 0 Å². The van der Waals surface area contributed by atoms with Gasteiger partial charge in [-0.25, -0.2) is 0 Å². The molecule has 0 radical (unpaired) electrons. The number of ketones is 1. The Morgan fingerprint density at radius 2 is 1.58 bits per heavy atom. The lowest BCUT2D eigenvalue weighted by molar-refractivity contribution is 0.416. The third kappa shape index (κ3) is 0.998. The number of hydrogen-bond acceptors (Lipinski definition) is 1. The van der Waals surface area contributed by atoms with E-state index in [0.29, 0.717) is 16.7 Å². The molecule has 1 aliphatic rings. The van der Waals surface area contributed by atoms with Crippen LogP contribution in [0.15, 0.2) is 34.6 Å². The largest absolute Gasteiger partial charge is 0.507 e. The quantitative estimate of drug-likeness (QED) is 0.434. The van der Waals surface area contributed by atoms with Gasteiger partial charge in [0.25, 0.3) is 0 Å². The Bertz CT molecular complexity index is 281. The van der Waals surface area contributed by atoms with E-state index in [1.54, 1.807) is 20.8 Å². The smallest absolute Gasteiger partial charge is 0.350 e. The zero-order valence-corrected chi connectivity index (χ0v) is 7.60. The second-order valence-corrected chi connectivity index (χ2v) is 3.05. The minimum Gasteiger partial charge on any atom is -0.507 e. The lowest BCUT2D eigenvalue weighted by atomic mass is 9.88. The van der Waals surface area contributed by atoms with Gasteiger partial charge in [0, 0.05) is 11.1 Å². The number of hydrogen-bond donors (Lipinski definition) is 1. The van der Waals surface area contributed by atoms with Crippen LogP contribution in [0.5, 0.6) is 0 Å². The van der Waals surface area contributed by atoms with Crippen molar-refractivity contribution in [3.63, 3.8) is 0 Å². The summed E-state index contributed by atoms with van der Waals surface area (Å²) in [5.41, 5.74) is 2.58.